The van der Waals surface area contributed by atoms with Gasteiger partial charge in [-0.15, -0.1) is 0 Å². The Kier molecular flexibility index (Phi) is 6.04. The molecule has 25 heavy (non-hydrogen) atoms. The number of nitrogens with zero attached hydrogens (tertiary/aromatic N) is 1. The molecule has 3 atom stereocenters. The Morgan fingerprint density at radius 3 is 2.84 bits per heavy atom. The summed E-state index contributed by atoms with van der Waals surface area (Å²) in [7, 11) is -2.84. The first-order chi connectivity index (χ1) is 12.0. The zero-order valence-electron chi connectivity index (χ0n) is 14.9. The molecule has 0 spiro atoms. The Labute approximate surface area is 150 Å². The second-order valence-electron chi connectivity index (χ2n) is 7.41. The largest absolute Gasteiger partial charge is 0.467 e. The van der Waals surface area contributed by atoms with Crippen LogP contribution in [0.15, 0.2) is 27.8 Å². The molecule has 0 radical (unpaired) electrons. The molecule has 2 heterocycles. The molecule has 2 N–H and O–H groups in total. The summed E-state index contributed by atoms with van der Waals surface area (Å²) in [6.45, 7) is 3.40. The number of rotatable bonds is 5. The van der Waals surface area contributed by atoms with Crippen molar-refractivity contribution in [3.8, 4) is 0 Å². The predicted molar refractivity (Wildman–Crippen MR) is 99.2 cm³/mol. The molecule has 2 fully saturated rings. The third-order valence-corrected chi connectivity index (χ3v) is 7.13. The molecule has 1 aliphatic carbocycles. The number of hydrogen-bond acceptors (Lipinski definition) is 4. The van der Waals surface area contributed by atoms with Crippen LogP contribution in [0.5, 0.6) is 0 Å². The van der Waals surface area contributed by atoms with Gasteiger partial charge in [0, 0.05) is 12.6 Å². The smallest absolute Gasteiger partial charge is 0.191 e. The van der Waals surface area contributed by atoms with E-state index in [9.17, 15) is 8.42 Å². The van der Waals surface area contributed by atoms with E-state index < -0.39 is 9.84 Å². The molecule has 1 saturated carbocycles. The van der Waals surface area contributed by atoms with Gasteiger partial charge in [0.2, 0.25) is 0 Å². The van der Waals surface area contributed by atoms with E-state index in [2.05, 4.69) is 22.5 Å². The highest BCUT2D eigenvalue weighted by atomic mass is 32.2. The second kappa shape index (κ2) is 8.25. The maximum atomic E-state index is 11.6. The Hall–Kier alpha value is -1.50. The third-order valence-electron chi connectivity index (χ3n) is 5.29. The first-order valence-corrected chi connectivity index (χ1v) is 11.1. The van der Waals surface area contributed by atoms with E-state index in [0.717, 1.165) is 24.6 Å². The van der Waals surface area contributed by atoms with Crippen molar-refractivity contribution in [2.75, 3.05) is 18.1 Å². The Bertz CT molecular complexity index is 670. The number of nitrogens with one attached hydrogen (secondary N) is 2. The van der Waals surface area contributed by atoms with Crippen LogP contribution in [0.3, 0.4) is 0 Å². The van der Waals surface area contributed by atoms with Crippen molar-refractivity contribution in [2.45, 2.75) is 51.6 Å². The van der Waals surface area contributed by atoms with Crippen molar-refractivity contribution < 1.29 is 12.8 Å². The lowest BCUT2D eigenvalue weighted by molar-refractivity contribution is 0.306. The molecule has 140 valence electrons. The average molecular weight is 368 g/mol. The summed E-state index contributed by atoms with van der Waals surface area (Å²) in [6.07, 6.45) is 7.32. The molecular weight excluding hydrogens is 338 g/mol. The normalized spacial score (nSPS) is 29.5. The van der Waals surface area contributed by atoms with Gasteiger partial charge in [-0.05, 0) is 43.2 Å². The minimum atomic E-state index is -2.84. The average Bonchev–Trinajstić information content (AvgIpc) is 3.21. The van der Waals surface area contributed by atoms with Gasteiger partial charge in [0.25, 0.3) is 0 Å². The van der Waals surface area contributed by atoms with Gasteiger partial charge in [-0.2, -0.15) is 0 Å². The first-order valence-electron chi connectivity index (χ1n) is 9.29. The molecular formula is C18H29N3O3S. The molecule has 3 rings (SSSR count). The Morgan fingerprint density at radius 1 is 1.32 bits per heavy atom. The number of guanidine groups is 1. The van der Waals surface area contributed by atoms with Gasteiger partial charge in [-0.1, -0.05) is 19.8 Å². The molecule has 1 saturated heterocycles. The molecule has 2 aliphatic rings. The quantitative estimate of drug-likeness (QED) is 0.616. The van der Waals surface area contributed by atoms with Gasteiger partial charge in [0.15, 0.2) is 15.8 Å². The maximum absolute atomic E-state index is 11.6. The predicted octanol–water partition coefficient (Wildman–Crippen LogP) is 2.33. The standard InChI is InChI=1S/C18H29N3O3S/c1-14-5-2-3-7-17(14)21-18(20-12-16-6-4-9-24-16)19-11-15-8-10-25(22,23)13-15/h4,6,9,14-15,17H,2-3,5,7-8,10-13H2,1H3,(H2,19,20,21). The lowest BCUT2D eigenvalue weighted by atomic mass is 9.86. The zero-order valence-corrected chi connectivity index (χ0v) is 15.7. The van der Waals surface area contributed by atoms with Crippen LogP contribution in [0.25, 0.3) is 0 Å². The van der Waals surface area contributed by atoms with E-state index in [-0.39, 0.29) is 11.7 Å². The van der Waals surface area contributed by atoms with Crippen molar-refractivity contribution in [3.63, 3.8) is 0 Å². The van der Waals surface area contributed by atoms with E-state index in [4.69, 9.17) is 4.42 Å². The SMILES string of the molecule is CC1CCCCC1NC(=NCc1ccco1)NCC1CCS(=O)(=O)C1. The molecule has 1 aromatic heterocycles. The lowest BCUT2D eigenvalue weighted by Gasteiger charge is -2.31. The molecule has 1 aliphatic heterocycles. The summed E-state index contributed by atoms with van der Waals surface area (Å²) in [4.78, 5) is 4.64. The summed E-state index contributed by atoms with van der Waals surface area (Å²) in [5, 5.41) is 6.92. The molecule has 1 aromatic rings. The van der Waals surface area contributed by atoms with E-state index in [1.54, 1.807) is 6.26 Å². The molecule has 0 aromatic carbocycles. The van der Waals surface area contributed by atoms with Crippen molar-refractivity contribution in [1.29, 1.82) is 0 Å². The molecule has 3 unspecified atom stereocenters. The lowest BCUT2D eigenvalue weighted by Crippen LogP contribution is -2.48. The topological polar surface area (TPSA) is 83.7 Å². The van der Waals surface area contributed by atoms with Crippen LogP contribution in [0.2, 0.25) is 0 Å². The van der Waals surface area contributed by atoms with Gasteiger partial charge in [0.1, 0.15) is 12.3 Å². The maximum Gasteiger partial charge on any atom is 0.191 e. The highest BCUT2D eigenvalue weighted by molar-refractivity contribution is 7.91. The number of hydrogen-bond donors (Lipinski definition) is 2. The number of aliphatic imine (C=N–C) groups is 1. The van der Waals surface area contributed by atoms with Crippen LogP contribution in [-0.2, 0) is 16.4 Å². The Morgan fingerprint density at radius 2 is 2.16 bits per heavy atom. The van der Waals surface area contributed by atoms with Gasteiger partial charge in [0.05, 0.1) is 17.8 Å². The fraction of sp³-hybridized carbons (Fsp3) is 0.722. The van der Waals surface area contributed by atoms with Gasteiger partial charge in [-0.25, -0.2) is 13.4 Å². The summed E-state index contributed by atoms with van der Waals surface area (Å²) >= 11 is 0. The van der Waals surface area contributed by atoms with Crippen LogP contribution >= 0.6 is 0 Å². The van der Waals surface area contributed by atoms with Crippen molar-refractivity contribution in [1.82, 2.24) is 10.6 Å². The van der Waals surface area contributed by atoms with Gasteiger partial charge in [-0.3, -0.25) is 0 Å². The summed E-state index contributed by atoms with van der Waals surface area (Å²) in [6, 6.07) is 4.19. The fourth-order valence-electron chi connectivity index (χ4n) is 3.69. The van der Waals surface area contributed by atoms with E-state index >= 15 is 0 Å². The Balaban J connectivity index is 1.60. The second-order valence-corrected chi connectivity index (χ2v) is 9.64. The minimum Gasteiger partial charge on any atom is -0.467 e. The highest BCUT2D eigenvalue weighted by Crippen LogP contribution is 2.23. The summed E-state index contributed by atoms with van der Waals surface area (Å²) in [5.74, 6) is 2.97. The molecule has 7 heteroatoms. The highest BCUT2D eigenvalue weighted by Gasteiger charge is 2.28. The van der Waals surface area contributed by atoms with Crippen LogP contribution in [-0.4, -0.2) is 38.5 Å². The van der Waals surface area contributed by atoms with Crippen molar-refractivity contribution >= 4 is 15.8 Å². The number of furan rings is 1. The summed E-state index contributed by atoms with van der Waals surface area (Å²) < 4.78 is 28.6. The van der Waals surface area contributed by atoms with Gasteiger partial charge >= 0.3 is 0 Å². The minimum absolute atomic E-state index is 0.171. The summed E-state index contributed by atoms with van der Waals surface area (Å²) in [5.41, 5.74) is 0. The van der Waals surface area contributed by atoms with Crippen LogP contribution in [0, 0.1) is 11.8 Å². The first kappa shape index (κ1) is 18.3. The third kappa shape index (κ3) is 5.49. The van der Waals surface area contributed by atoms with E-state index in [1.165, 1.54) is 19.3 Å². The van der Waals surface area contributed by atoms with E-state index in [0.29, 0.717) is 30.8 Å². The van der Waals surface area contributed by atoms with E-state index in [1.807, 2.05) is 12.1 Å². The van der Waals surface area contributed by atoms with Gasteiger partial charge < -0.3 is 15.1 Å². The molecule has 0 bridgehead atoms. The van der Waals surface area contributed by atoms with Crippen LogP contribution in [0.1, 0.15) is 44.8 Å². The van der Waals surface area contributed by atoms with Crippen LogP contribution < -0.4 is 10.6 Å². The van der Waals surface area contributed by atoms with Crippen molar-refractivity contribution in [3.05, 3.63) is 24.2 Å². The fourth-order valence-corrected chi connectivity index (χ4v) is 5.55. The zero-order chi connectivity index (χ0) is 17.7. The molecule has 0 amide bonds. The molecule has 6 nitrogen and oxygen atoms in total. The van der Waals surface area contributed by atoms with Crippen LogP contribution in [0.4, 0.5) is 0 Å². The monoisotopic (exact) mass is 367 g/mol. The number of sulfone groups is 1. The van der Waals surface area contributed by atoms with Crippen molar-refractivity contribution in [2.24, 2.45) is 16.8 Å².